The van der Waals surface area contributed by atoms with Gasteiger partial charge in [-0.2, -0.15) is 14.9 Å². The highest BCUT2D eigenvalue weighted by Crippen LogP contribution is 2.21. The fourth-order valence-corrected chi connectivity index (χ4v) is 2.97. The number of H-pyrrole nitrogens is 2. The summed E-state index contributed by atoms with van der Waals surface area (Å²) in [6.45, 7) is 1.99. The van der Waals surface area contributed by atoms with Gasteiger partial charge in [-0.25, -0.2) is 9.49 Å². The Morgan fingerprint density at radius 3 is 2.88 bits per heavy atom. The summed E-state index contributed by atoms with van der Waals surface area (Å²) in [5.74, 6) is 0.118. The zero-order valence-electron chi connectivity index (χ0n) is 13.3. The molecule has 2 aromatic carbocycles. The van der Waals surface area contributed by atoms with E-state index in [-0.39, 0.29) is 5.82 Å². The quantitative estimate of drug-likeness (QED) is 0.424. The van der Waals surface area contributed by atoms with Crippen molar-refractivity contribution in [2.45, 2.75) is 6.92 Å². The number of aromatic nitrogens is 4. The van der Waals surface area contributed by atoms with Gasteiger partial charge in [0.2, 0.25) is 4.77 Å². The number of fused-ring (bicyclic) bond motifs is 1. The zero-order chi connectivity index (χ0) is 17.4. The Labute approximate surface area is 147 Å². The summed E-state index contributed by atoms with van der Waals surface area (Å²) in [4.78, 5) is 3.33. The molecule has 0 aliphatic heterocycles. The monoisotopic (exact) mass is 351 g/mol. The minimum absolute atomic E-state index is 0.338. The Hall–Kier alpha value is -3.06. The molecule has 0 aliphatic carbocycles. The maximum Gasteiger partial charge on any atom is 0.216 e. The lowest BCUT2D eigenvalue weighted by Gasteiger charge is -2.01. The Kier molecular flexibility index (Phi) is 3.77. The Morgan fingerprint density at radius 2 is 2.04 bits per heavy atom. The molecule has 0 atom stereocenters. The minimum atomic E-state index is -0.338. The highest BCUT2D eigenvalue weighted by atomic mass is 32.1. The van der Waals surface area contributed by atoms with Crippen molar-refractivity contribution >= 4 is 29.3 Å². The van der Waals surface area contributed by atoms with Gasteiger partial charge in [-0.15, -0.1) is 0 Å². The van der Waals surface area contributed by atoms with Gasteiger partial charge in [0, 0.05) is 27.7 Å². The molecule has 0 saturated heterocycles. The predicted molar refractivity (Wildman–Crippen MR) is 98.8 cm³/mol. The van der Waals surface area contributed by atoms with Crippen LogP contribution in [0.5, 0.6) is 0 Å². The van der Waals surface area contributed by atoms with Crippen LogP contribution in [0.25, 0.3) is 22.3 Å². The lowest BCUT2D eigenvalue weighted by molar-refractivity contribution is 0.628. The number of hydrogen-bond acceptors (Lipinski definition) is 3. The zero-order valence-corrected chi connectivity index (χ0v) is 14.1. The third-order valence-electron chi connectivity index (χ3n) is 3.98. The second-order valence-corrected chi connectivity index (χ2v) is 6.02. The summed E-state index contributed by atoms with van der Waals surface area (Å²) in [6.07, 6.45) is 1.74. The molecule has 0 spiro atoms. The molecule has 0 unspecified atom stereocenters. The average molecular weight is 351 g/mol. The van der Waals surface area contributed by atoms with Crippen LogP contribution in [0.2, 0.25) is 0 Å². The molecule has 2 aromatic heterocycles. The Bertz CT molecular complexity index is 1150. The van der Waals surface area contributed by atoms with Crippen molar-refractivity contribution in [1.82, 2.24) is 19.9 Å². The maximum absolute atomic E-state index is 13.5. The molecule has 0 bridgehead atoms. The van der Waals surface area contributed by atoms with Gasteiger partial charge in [0.15, 0.2) is 5.82 Å². The summed E-state index contributed by atoms with van der Waals surface area (Å²) >= 11 is 5.26. The SMILES string of the molecule is Cc1[nH]c2ccccc2c1/C=N/n1c(-c2cccc(F)c2)n[nH]c1=S. The van der Waals surface area contributed by atoms with E-state index in [9.17, 15) is 4.39 Å². The van der Waals surface area contributed by atoms with Crippen LogP contribution in [0.15, 0.2) is 53.6 Å². The van der Waals surface area contributed by atoms with E-state index in [4.69, 9.17) is 12.2 Å². The highest BCUT2D eigenvalue weighted by Gasteiger charge is 2.10. The van der Waals surface area contributed by atoms with E-state index in [1.807, 2.05) is 31.2 Å². The fourth-order valence-electron chi connectivity index (χ4n) is 2.79. The largest absolute Gasteiger partial charge is 0.358 e. The lowest BCUT2D eigenvalue weighted by atomic mass is 10.1. The van der Waals surface area contributed by atoms with Crippen molar-refractivity contribution in [3.8, 4) is 11.4 Å². The smallest absolute Gasteiger partial charge is 0.216 e. The first kappa shape index (κ1) is 15.5. The van der Waals surface area contributed by atoms with E-state index >= 15 is 0 Å². The molecule has 4 aromatic rings. The molecule has 0 fully saturated rings. The number of aryl methyl sites for hydroxylation is 1. The van der Waals surface area contributed by atoms with Crippen molar-refractivity contribution in [3.05, 3.63) is 70.4 Å². The lowest BCUT2D eigenvalue weighted by Crippen LogP contribution is -1.96. The molecule has 4 rings (SSSR count). The van der Waals surface area contributed by atoms with Crippen LogP contribution < -0.4 is 0 Å². The number of para-hydroxylation sites is 1. The second-order valence-electron chi connectivity index (χ2n) is 5.63. The summed E-state index contributed by atoms with van der Waals surface area (Å²) in [5.41, 5.74) is 3.62. The van der Waals surface area contributed by atoms with Crippen molar-refractivity contribution in [1.29, 1.82) is 0 Å². The average Bonchev–Trinajstić information content (AvgIpc) is 3.12. The van der Waals surface area contributed by atoms with Crippen LogP contribution in [0.1, 0.15) is 11.3 Å². The number of nitrogens with one attached hydrogen (secondary N) is 2. The van der Waals surface area contributed by atoms with Crippen LogP contribution in [0.3, 0.4) is 0 Å². The van der Waals surface area contributed by atoms with Crippen LogP contribution in [-0.2, 0) is 0 Å². The topological polar surface area (TPSA) is 61.8 Å². The van der Waals surface area contributed by atoms with Crippen LogP contribution in [0, 0.1) is 17.5 Å². The molecular formula is C18H14FN5S. The van der Waals surface area contributed by atoms with E-state index in [2.05, 4.69) is 20.3 Å². The van der Waals surface area contributed by atoms with Gasteiger partial charge in [0.1, 0.15) is 5.82 Å². The molecule has 0 aliphatic rings. The van der Waals surface area contributed by atoms with Gasteiger partial charge < -0.3 is 4.98 Å². The standard InChI is InChI=1S/C18H14FN5S/c1-11-15(14-7-2-3-8-16(14)21-11)10-20-24-17(22-23-18(24)25)12-5-4-6-13(19)9-12/h2-10,21H,1H3,(H,23,25)/b20-10+. The second kappa shape index (κ2) is 6.10. The van der Waals surface area contributed by atoms with Gasteiger partial charge in [-0.3, -0.25) is 0 Å². The predicted octanol–water partition coefficient (Wildman–Crippen LogP) is 4.42. The van der Waals surface area contributed by atoms with Gasteiger partial charge >= 0.3 is 0 Å². The van der Waals surface area contributed by atoms with E-state index in [1.165, 1.54) is 16.8 Å². The normalized spacial score (nSPS) is 11.6. The Balaban J connectivity index is 1.81. The van der Waals surface area contributed by atoms with Gasteiger partial charge in [0.05, 0.1) is 6.21 Å². The third-order valence-corrected chi connectivity index (χ3v) is 4.24. The van der Waals surface area contributed by atoms with E-state index < -0.39 is 0 Å². The number of rotatable bonds is 3. The molecule has 7 heteroatoms. The molecule has 2 heterocycles. The summed E-state index contributed by atoms with van der Waals surface area (Å²) < 4.78 is 15.3. The summed E-state index contributed by atoms with van der Waals surface area (Å²) in [6, 6.07) is 14.2. The minimum Gasteiger partial charge on any atom is -0.358 e. The van der Waals surface area contributed by atoms with Crippen LogP contribution in [0.4, 0.5) is 4.39 Å². The van der Waals surface area contributed by atoms with Crippen molar-refractivity contribution in [2.24, 2.45) is 5.10 Å². The number of nitrogens with zero attached hydrogens (tertiary/aromatic N) is 3. The summed E-state index contributed by atoms with van der Waals surface area (Å²) in [5, 5.41) is 12.4. The molecule has 0 saturated carbocycles. The first-order chi connectivity index (χ1) is 12.1. The molecule has 124 valence electrons. The first-order valence-electron chi connectivity index (χ1n) is 7.68. The number of benzene rings is 2. The molecule has 0 radical (unpaired) electrons. The molecule has 2 N–H and O–H groups in total. The van der Waals surface area contributed by atoms with E-state index in [0.717, 1.165) is 22.2 Å². The van der Waals surface area contributed by atoms with Gasteiger partial charge in [0.25, 0.3) is 0 Å². The number of hydrogen-bond donors (Lipinski definition) is 2. The van der Waals surface area contributed by atoms with Gasteiger partial charge in [-0.1, -0.05) is 30.3 Å². The number of halogens is 1. The Morgan fingerprint density at radius 1 is 1.20 bits per heavy atom. The molecular weight excluding hydrogens is 337 g/mol. The van der Waals surface area contributed by atoms with Crippen molar-refractivity contribution in [3.63, 3.8) is 0 Å². The number of aromatic amines is 2. The van der Waals surface area contributed by atoms with Crippen molar-refractivity contribution < 1.29 is 4.39 Å². The maximum atomic E-state index is 13.5. The third kappa shape index (κ3) is 2.78. The molecule has 5 nitrogen and oxygen atoms in total. The fraction of sp³-hybridized carbons (Fsp3) is 0.0556. The van der Waals surface area contributed by atoms with E-state index in [0.29, 0.717) is 16.2 Å². The van der Waals surface area contributed by atoms with Gasteiger partial charge in [-0.05, 0) is 37.3 Å². The van der Waals surface area contributed by atoms with Crippen molar-refractivity contribution in [2.75, 3.05) is 0 Å². The first-order valence-corrected chi connectivity index (χ1v) is 8.09. The molecule has 25 heavy (non-hydrogen) atoms. The van der Waals surface area contributed by atoms with E-state index in [1.54, 1.807) is 18.3 Å². The highest BCUT2D eigenvalue weighted by molar-refractivity contribution is 7.71. The molecule has 0 amide bonds. The summed E-state index contributed by atoms with van der Waals surface area (Å²) in [7, 11) is 0. The van der Waals surface area contributed by atoms with Crippen LogP contribution >= 0.6 is 12.2 Å². The van der Waals surface area contributed by atoms with Crippen LogP contribution in [-0.4, -0.2) is 26.1 Å².